The monoisotopic (exact) mass is 133 g/mol. The van der Waals surface area contributed by atoms with Gasteiger partial charge in [0.05, 0.1) is 0 Å². The van der Waals surface area contributed by atoms with E-state index in [1.54, 1.807) is 0 Å². The maximum absolute atomic E-state index is 8.58. The number of primary amides is 1. The molecule has 0 rings (SSSR count). The predicted molar refractivity (Wildman–Crippen MR) is 36.9 cm³/mol. The fourth-order valence-electron chi connectivity index (χ4n) is 0.362. The molecule has 0 aliphatic rings. The van der Waals surface area contributed by atoms with Crippen LogP contribution in [0.4, 0.5) is 0 Å². The highest BCUT2D eigenvalue weighted by Gasteiger charge is 1.76. The summed E-state index contributed by atoms with van der Waals surface area (Å²) in [7, 11) is 0. The van der Waals surface area contributed by atoms with Gasteiger partial charge in [-0.2, -0.15) is 0 Å². The number of carbonyl (C=O) groups is 1. The van der Waals surface area contributed by atoms with Crippen molar-refractivity contribution >= 4 is 6.41 Å². The number of rotatable bonds is 3. The molecule has 0 aromatic rings. The molecule has 0 spiro atoms. The number of unbranched alkanes of at least 4 members (excludes halogenated alkanes) is 2. The van der Waals surface area contributed by atoms with Crippen LogP contribution in [0.25, 0.3) is 0 Å². The van der Waals surface area contributed by atoms with Crippen molar-refractivity contribution in [3.8, 4) is 0 Å². The van der Waals surface area contributed by atoms with Crippen LogP contribution in [0.2, 0.25) is 0 Å². The molecule has 0 saturated carbocycles. The van der Waals surface area contributed by atoms with Gasteiger partial charge in [0.25, 0.3) is 0 Å². The fourth-order valence-corrected chi connectivity index (χ4v) is 0.362. The Kier molecular flexibility index (Phi) is 19.6. The van der Waals surface area contributed by atoms with Gasteiger partial charge in [-0.3, -0.25) is 4.79 Å². The van der Waals surface area contributed by atoms with Gasteiger partial charge in [0.1, 0.15) is 0 Å². The molecule has 0 unspecified atom stereocenters. The Hall–Kier alpha value is -0.570. The number of nitrogens with two attached hydrogens (primary N) is 1. The maximum Gasteiger partial charge on any atom is 0.204 e. The van der Waals surface area contributed by atoms with Crippen LogP contribution in [0, 0.1) is 0 Å². The summed E-state index contributed by atoms with van der Waals surface area (Å²) >= 11 is 0. The second-order valence-corrected chi connectivity index (χ2v) is 1.57. The zero-order valence-corrected chi connectivity index (χ0v) is 5.84. The standard InChI is InChI=1S/C5H12O.CH3NO/c1-2-3-4-5-6;2-1-3/h6H,2-5H2,1H3;1H,(H2,2,3). The minimum absolute atomic E-state index is 0.250. The van der Waals surface area contributed by atoms with Crippen LogP contribution in [0.3, 0.4) is 0 Å². The average Bonchev–Trinajstić information content (AvgIpc) is 1.86. The molecule has 3 nitrogen and oxygen atoms in total. The van der Waals surface area contributed by atoms with Crippen molar-refractivity contribution in [2.45, 2.75) is 26.2 Å². The third-order valence-corrected chi connectivity index (χ3v) is 0.762. The highest BCUT2D eigenvalue weighted by atomic mass is 16.2. The van der Waals surface area contributed by atoms with Gasteiger partial charge in [-0.05, 0) is 6.42 Å². The first-order chi connectivity index (χ1) is 4.33. The summed E-state index contributed by atoms with van der Waals surface area (Å²) < 4.78 is 0. The number of amides is 1. The van der Waals surface area contributed by atoms with Gasteiger partial charge in [0, 0.05) is 6.61 Å². The number of aliphatic hydroxyl groups is 1. The summed E-state index contributed by atoms with van der Waals surface area (Å²) in [5.41, 5.74) is 4.17. The third-order valence-electron chi connectivity index (χ3n) is 0.762. The molecule has 0 aliphatic heterocycles. The summed E-state index contributed by atoms with van der Waals surface area (Å²) in [6.07, 6.45) is 3.58. The first-order valence-corrected chi connectivity index (χ1v) is 3.09. The Balaban J connectivity index is 0. The lowest BCUT2D eigenvalue weighted by atomic mass is 10.3. The molecule has 0 fully saturated rings. The fraction of sp³-hybridized carbons (Fsp3) is 0.833. The van der Waals surface area contributed by atoms with Crippen molar-refractivity contribution in [1.82, 2.24) is 0 Å². The largest absolute Gasteiger partial charge is 0.396 e. The number of aliphatic hydroxyl groups excluding tert-OH is 1. The van der Waals surface area contributed by atoms with Gasteiger partial charge < -0.3 is 10.8 Å². The third kappa shape index (κ3) is 37.1. The molecule has 9 heavy (non-hydrogen) atoms. The lowest BCUT2D eigenvalue weighted by Gasteiger charge is -1.85. The molecular formula is C6H15NO2. The highest BCUT2D eigenvalue weighted by molar-refractivity contribution is 5.42. The molecule has 0 aromatic heterocycles. The number of hydrogen-bond acceptors (Lipinski definition) is 2. The van der Waals surface area contributed by atoms with E-state index in [9.17, 15) is 0 Å². The van der Waals surface area contributed by atoms with Gasteiger partial charge in [-0.15, -0.1) is 0 Å². The molecular weight excluding hydrogens is 118 g/mol. The predicted octanol–water partition coefficient (Wildman–Crippen LogP) is 0.270. The zero-order chi connectivity index (χ0) is 7.54. The van der Waals surface area contributed by atoms with E-state index < -0.39 is 0 Å². The van der Waals surface area contributed by atoms with E-state index in [2.05, 4.69) is 12.7 Å². The summed E-state index contributed by atoms with van der Waals surface area (Å²) in [5.74, 6) is 0. The average molecular weight is 133 g/mol. The molecule has 3 N–H and O–H groups in total. The van der Waals surface area contributed by atoms with Crippen LogP contribution in [0.1, 0.15) is 26.2 Å². The van der Waals surface area contributed by atoms with E-state index in [4.69, 9.17) is 9.90 Å². The minimum Gasteiger partial charge on any atom is -0.396 e. The molecule has 0 aromatic carbocycles. The molecule has 1 amide bonds. The SMILES string of the molecule is CCCCCO.NC=O. The molecule has 56 valence electrons. The van der Waals surface area contributed by atoms with Crippen molar-refractivity contribution in [3.05, 3.63) is 0 Å². The van der Waals surface area contributed by atoms with Crippen molar-refractivity contribution in [2.75, 3.05) is 6.61 Å². The summed E-state index contributed by atoms with van der Waals surface area (Å²) in [6, 6.07) is 0. The quantitative estimate of drug-likeness (QED) is 0.429. The summed E-state index contributed by atoms with van der Waals surface area (Å²) in [4.78, 5) is 8.58. The van der Waals surface area contributed by atoms with Gasteiger partial charge in [0.2, 0.25) is 6.41 Å². The minimum atomic E-state index is 0.250. The van der Waals surface area contributed by atoms with E-state index in [0.29, 0.717) is 6.61 Å². The van der Waals surface area contributed by atoms with Gasteiger partial charge in [-0.1, -0.05) is 19.8 Å². The Morgan fingerprint density at radius 2 is 2.00 bits per heavy atom. The van der Waals surface area contributed by atoms with Crippen molar-refractivity contribution in [2.24, 2.45) is 5.73 Å². The summed E-state index contributed by atoms with van der Waals surface area (Å²) in [5, 5.41) is 8.20. The van der Waals surface area contributed by atoms with Gasteiger partial charge in [-0.25, -0.2) is 0 Å². The lowest BCUT2D eigenvalue weighted by Crippen LogP contribution is -1.82. The van der Waals surface area contributed by atoms with Crippen molar-refractivity contribution in [3.63, 3.8) is 0 Å². The molecule has 0 bridgehead atoms. The topological polar surface area (TPSA) is 63.3 Å². The van der Waals surface area contributed by atoms with Crippen LogP contribution in [-0.2, 0) is 4.79 Å². The number of carbonyl (C=O) groups excluding carboxylic acids is 1. The van der Waals surface area contributed by atoms with Crippen LogP contribution in [0.15, 0.2) is 0 Å². The Morgan fingerprint density at radius 1 is 1.56 bits per heavy atom. The lowest BCUT2D eigenvalue weighted by molar-refractivity contribution is -0.106. The smallest absolute Gasteiger partial charge is 0.204 e. The van der Waals surface area contributed by atoms with Crippen LogP contribution < -0.4 is 5.73 Å². The van der Waals surface area contributed by atoms with Gasteiger partial charge in [0.15, 0.2) is 0 Å². The molecule has 0 aliphatic carbocycles. The maximum atomic E-state index is 8.58. The van der Waals surface area contributed by atoms with Crippen LogP contribution >= 0.6 is 0 Å². The van der Waals surface area contributed by atoms with Crippen molar-refractivity contribution in [1.29, 1.82) is 0 Å². The van der Waals surface area contributed by atoms with Crippen LogP contribution in [-0.4, -0.2) is 18.1 Å². The molecule has 0 saturated heterocycles. The normalized spacial score (nSPS) is 7.33. The molecule has 3 heteroatoms. The first kappa shape index (κ1) is 11.3. The molecule has 0 heterocycles. The van der Waals surface area contributed by atoms with Crippen LogP contribution in [0.5, 0.6) is 0 Å². The van der Waals surface area contributed by atoms with E-state index >= 15 is 0 Å². The Bertz CT molecular complexity index is 44.3. The van der Waals surface area contributed by atoms with Crippen molar-refractivity contribution < 1.29 is 9.90 Å². The first-order valence-electron chi connectivity index (χ1n) is 3.09. The van der Waals surface area contributed by atoms with E-state index in [-0.39, 0.29) is 6.41 Å². The summed E-state index contributed by atoms with van der Waals surface area (Å²) in [6.45, 7) is 2.48. The second-order valence-electron chi connectivity index (χ2n) is 1.57. The number of hydrogen-bond donors (Lipinski definition) is 2. The van der Waals surface area contributed by atoms with E-state index in [1.165, 1.54) is 6.42 Å². The Labute approximate surface area is 55.9 Å². The molecule has 0 radical (unpaired) electrons. The van der Waals surface area contributed by atoms with E-state index in [0.717, 1.165) is 12.8 Å². The van der Waals surface area contributed by atoms with E-state index in [1.807, 2.05) is 0 Å². The zero-order valence-electron chi connectivity index (χ0n) is 5.84. The Morgan fingerprint density at radius 3 is 2.11 bits per heavy atom. The highest BCUT2D eigenvalue weighted by Crippen LogP contribution is 1.89. The molecule has 0 atom stereocenters. The van der Waals surface area contributed by atoms with Gasteiger partial charge >= 0.3 is 0 Å². The second kappa shape index (κ2) is 15.7.